The Morgan fingerprint density at radius 2 is 1.56 bits per heavy atom. The molecule has 0 bridgehead atoms. The summed E-state index contributed by atoms with van der Waals surface area (Å²) in [5.74, 6) is 1.96. The molecule has 5 heteroatoms. The highest BCUT2D eigenvalue weighted by molar-refractivity contribution is 5.91. The van der Waals surface area contributed by atoms with Gasteiger partial charge in [-0.25, -0.2) is 0 Å². The highest BCUT2D eigenvalue weighted by Crippen LogP contribution is 2.51. The van der Waals surface area contributed by atoms with Crippen molar-refractivity contribution in [1.29, 1.82) is 0 Å². The van der Waals surface area contributed by atoms with Crippen LogP contribution in [0.5, 0.6) is 5.75 Å². The van der Waals surface area contributed by atoms with Gasteiger partial charge in [0.15, 0.2) is 0 Å². The van der Waals surface area contributed by atoms with Gasteiger partial charge in [0.2, 0.25) is 11.8 Å². The van der Waals surface area contributed by atoms with E-state index in [1.165, 1.54) is 11.1 Å². The van der Waals surface area contributed by atoms with E-state index >= 15 is 0 Å². The molecular formula is C29H36N2O3. The van der Waals surface area contributed by atoms with Gasteiger partial charge in [-0.2, -0.15) is 0 Å². The fourth-order valence-corrected chi connectivity index (χ4v) is 5.45. The molecule has 2 aromatic carbocycles. The molecule has 0 spiro atoms. The second-order valence-corrected chi connectivity index (χ2v) is 10.4. The van der Waals surface area contributed by atoms with Crippen molar-refractivity contribution in [1.82, 2.24) is 9.80 Å². The number of methoxy groups -OCH3 is 1. The first-order chi connectivity index (χ1) is 16.5. The first kappa shape index (κ1) is 22.9. The Balaban J connectivity index is 1.22. The third kappa shape index (κ3) is 4.84. The smallest absolute Gasteiger partial charge is 0.233 e. The van der Waals surface area contributed by atoms with Crippen molar-refractivity contribution in [3.8, 4) is 5.75 Å². The van der Waals surface area contributed by atoms with E-state index in [1.807, 2.05) is 17.0 Å². The Labute approximate surface area is 203 Å². The molecule has 0 unspecified atom stereocenters. The summed E-state index contributed by atoms with van der Waals surface area (Å²) in [7, 11) is 1.67. The van der Waals surface area contributed by atoms with Crippen LogP contribution in [0.25, 0.3) is 0 Å². The summed E-state index contributed by atoms with van der Waals surface area (Å²) in [6.07, 6.45) is 7.32. The predicted molar refractivity (Wildman–Crippen MR) is 133 cm³/mol. The maximum absolute atomic E-state index is 13.7. The zero-order valence-corrected chi connectivity index (χ0v) is 20.5. The van der Waals surface area contributed by atoms with Gasteiger partial charge in [0.1, 0.15) is 5.75 Å². The lowest BCUT2D eigenvalue weighted by atomic mass is 9.90. The van der Waals surface area contributed by atoms with Gasteiger partial charge in [0, 0.05) is 32.6 Å². The normalized spacial score (nSPS) is 19.5. The summed E-state index contributed by atoms with van der Waals surface area (Å²) in [6, 6.07) is 17.3. The molecule has 1 heterocycles. The van der Waals surface area contributed by atoms with Crippen molar-refractivity contribution < 1.29 is 14.3 Å². The average Bonchev–Trinajstić information content (AvgIpc) is 3.78. The van der Waals surface area contributed by atoms with E-state index in [2.05, 4.69) is 41.3 Å². The lowest BCUT2D eigenvalue weighted by Gasteiger charge is -2.31. The molecule has 2 saturated carbocycles. The lowest BCUT2D eigenvalue weighted by Crippen LogP contribution is -2.40. The van der Waals surface area contributed by atoms with Crippen LogP contribution in [0.15, 0.2) is 48.5 Å². The maximum Gasteiger partial charge on any atom is 0.233 e. The van der Waals surface area contributed by atoms with Crippen molar-refractivity contribution in [2.75, 3.05) is 20.2 Å². The number of hydrogen-bond donors (Lipinski definition) is 0. The summed E-state index contributed by atoms with van der Waals surface area (Å²) in [5.41, 5.74) is 3.34. The minimum Gasteiger partial charge on any atom is -0.497 e. The van der Waals surface area contributed by atoms with Gasteiger partial charge in [0.05, 0.1) is 12.5 Å². The Bertz CT molecular complexity index is 1010. The number of benzene rings is 2. The number of amides is 2. The number of nitrogens with zero attached hydrogens (tertiary/aromatic N) is 2. The van der Waals surface area contributed by atoms with Gasteiger partial charge in [-0.1, -0.05) is 36.4 Å². The molecule has 5 rings (SSSR count). The fourth-order valence-electron chi connectivity index (χ4n) is 5.45. The average molecular weight is 461 g/mol. The van der Waals surface area contributed by atoms with Crippen LogP contribution < -0.4 is 4.74 Å². The van der Waals surface area contributed by atoms with Gasteiger partial charge >= 0.3 is 0 Å². The van der Waals surface area contributed by atoms with E-state index in [0.717, 1.165) is 69.3 Å². The quantitative estimate of drug-likeness (QED) is 0.573. The molecule has 1 aliphatic heterocycles. The summed E-state index contributed by atoms with van der Waals surface area (Å²) >= 11 is 0. The second-order valence-electron chi connectivity index (χ2n) is 10.4. The molecule has 2 aliphatic carbocycles. The summed E-state index contributed by atoms with van der Waals surface area (Å²) in [6.45, 7) is 4.12. The standard InChI is InChI=1S/C29H36N2O3/c1-21(32)30-17-13-23(14-18-30)19-22-3-5-24(6-4-22)20-31(26-9-10-26)28(33)29(15-16-29)25-7-11-27(34-2)12-8-25/h3-8,11-12,23,26H,9-10,13-20H2,1-2H3. The molecule has 3 fully saturated rings. The molecule has 1 saturated heterocycles. The van der Waals surface area contributed by atoms with Crippen LogP contribution in [0, 0.1) is 5.92 Å². The molecule has 0 atom stereocenters. The number of carbonyl (C=O) groups excluding carboxylic acids is 2. The second kappa shape index (κ2) is 9.44. The van der Waals surface area contributed by atoms with E-state index in [4.69, 9.17) is 4.74 Å². The zero-order chi connectivity index (χ0) is 23.7. The summed E-state index contributed by atoms with van der Waals surface area (Å²) < 4.78 is 5.30. The molecule has 5 nitrogen and oxygen atoms in total. The molecule has 2 aromatic rings. The number of rotatable bonds is 8. The van der Waals surface area contributed by atoms with E-state index in [0.29, 0.717) is 24.4 Å². The number of ether oxygens (including phenoxy) is 1. The molecule has 0 aromatic heterocycles. The predicted octanol–water partition coefficient (Wildman–Crippen LogP) is 4.72. The molecule has 0 radical (unpaired) electrons. The Morgan fingerprint density at radius 3 is 2.09 bits per heavy atom. The van der Waals surface area contributed by atoms with Gasteiger partial charge in [-0.05, 0) is 79.7 Å². The highest BCUT2D eigenvalue weighted by Gasteiger charge is 2.54. The van der Waals surface area contributed by atoms with Crippen molar-refractivity contribution in [2.45, 2.75) is 69.9 Å². The van der Waals surface area contributed by atoms with Crippen LogP contribution >= 0.6 is 0 Å². The molecule has 3 aliphatic rings. The largest absolute Gasteiger partial charge is 0.497 e. The molecule has 34 heavy (non-hydrogen) atoms. The number of piperidine rings is 1. The first-order valence-corrected chi connectivity index (χ1v) is 12.8. The van der Waals surface area contributed by atoms with E-state index < -0.39 is 0 Å². The van der Waals surface area contributed by atoms with Gasteiger partial charge in [0.25, 0.3) is 0 Å². The monoisotopic (exact) mass is 460 g/mol. The van der Waals surface area contributed by atoms with Crippen LogP contribution in [-0.4, -0.2) is 47.9 Å². The Morgan fingerprint density at radius 1 is 0.941 bits per heavy atom. The van der Waals surface area contributed by atoms with Crippen LogP contribution in [-0.2, 0) is 28.0 Å². The van der Waals surface area contributed by atoms with Crippen LogP contribution in [0.2, 0.25) is 0 Å². The number of hydrogen-bond acceptors (Lipinski definition) is 3. The summed E-state index contributed by atoms with van der Waals surface area (Å²) in [4.78, 5) is 29.4. The van der Waals surface area contributed by atoms with E-state index in [9.17, 15) is 9.59 Å². The van der Waals surface area contributed by atoms with Crippen LogP contribution in [0.3, 0.4) is 0 Å². The Hall–Kier alpha value is -2.82. The Kier molecular flexibility index (Phi) is 6.37. The highest BCUT2D eigenvalue weighted by atomic mass is 16.5. The number of likely N-dealkylation sites (tertiary alicyclic amines) is 1. The zero-order valence-electron chi connectivity index (χ0n) is 20.5. The first-order valence-electron chi connectivity index (χ1n) is 12.8. The van der Waals surface area contributed by atoms with Gasteiger partial charge < -0.3 is 14.5 Å². The van der Waals surface area contributed by atoms with Crippen molar-refractivity contribution in [3.63, 3.8) is 0 Å². The van der Waals surface area contributed by atoms with Gasteiger partial charge in [-0.3, -0.25) is 9.59 Å². The SMILES string of the molecule is COc1ccc(C2(C(=O)N(Cc3ccc(CC4CCN(C(C)=O)CC4)cc3)C3CC3)CC2)cc1. The fraction of sp³-hybridized carbons (Fsp3) is 0.517. The van der Waals surface area contributed by atoms with Gasteiger partial charge in [-0.15, -0.1) is 0 Å². The van der Waals surface area contributed by atoms with Crippen LogP contribution in [0.4, 0.5) is 0 Å². The minimum absolute atomic E-state index is 0.192. The summed E-state index contributed by atoms with van der Waals surface area (Å²) in [5, 5.41) is 0. The molecule has 2 amide bonds. The van der Waals surface area contributed by atoms with E-state index in [-0.39, 0.29) is 11.3 Å². The molecule has 0 N–H and O–H groups in total. The third-order valence-electron chi connectivity index (χ3n) is 8.01. The number of carbonyl (C=O) groups is 2. The maximum atomic E-state index is 13.7. The molecule has 180 valence electrons. The van der Waals surface area contributed by atoms with Crippen molar-refractivity contribution in [3.05, 3.63) is 65.2 Å². The molecular weight excluding hydrogens is 424 g/mol. The van der Waals surface area contributed by atoms with Crippen molar-refractivity contribution >= 4 is 11.8 Å². The van der Waals surface area contributed by atoms with Crippen LogP contribution in [0.1, 0.15) is 62.1 Å². The van der Waals surface area contributed by atoms with Crippen molar-refractivity contribution in [2.24, 2.45) is 5.92 Å². The third-order valence-corrected chi connectivity index (χ3v) is 8.01. The topological polar surface area (TPSA) is 49.9 Å². The minimum atomic E-state index is -0.344. The lowest BCUT2D eigenvalue weighted by molar-refractivity contribution is -0.135. The van der Waals surface area contributed by atoms with E-state index in [1.54, 1.807) is 14.0 Å².